The molecule has 0 aliphatic carbocycles. The van der Waals surface area contributed by atoms with E-state index in [9.17, 15) is 4.79 Å². The summed E-state index contributed by atoms with van der Waals surface area (Å²) < 4.78 is 11.6. The second-order valence-corrected chi connectivity index (χ2v) is 5.83. The van der Waals surface area contributed by atoms with Crippen LogP contribution in [0.15, 0.2) is 12.1 Å². The van der Waals surface area contributed by atoms with Crippen molar-refractivity contribution in [1.29, 1.82) is 0 Å². The van der Waals surface area contributed by atoms with Gasteiger partial charge in [0.05, 0.1) is 22.4 Å². The summed E-state index contributed by atoms with van der Waals surface area (Å²) in [6.45, 7) is 7.72. The fourth-order valence-electron chi connectivity index (χ4n) is 1.70. The number of carboxylic acid groups (broad SMARTS) is 1. The van der Waals surface area contributed by atoms with E-state index in [1.165, 1.54) is 6.07 Å². The molecule has 0 saturated carbocycles. The molecule has 0 atom stereocenters. The van der Waals surface area contributed by atoms with Gasteiger partial charge >= 0.3 is 13.1 Å². The van der Waals surface area contributed by atoms with Gasteiger partial charge in [0, 0.05) is 0 Å². The van der Waals surface area contributed by atoms with Crippen LogP contribution in [-0.2, 0) is 9.31 Å². The van der Waals surface area contributed by atoms with Gasteiger partial charge in [-0.1, -0.05) is 11.6 Å². The van der Waals surface area contributed by atoms with E-state index in [1.54, 1.807) is 6.07 Å². The van der Waals surface area contributed by atoms with Crippen LogP contribution in [-0.4, -0.2) is 34.4 Å². The van der Waals surface area contributed by atoms with Crippen LogP contribution in [0.25, 0.3) is 0 Å². The summed E-state index contributed by atoms with van der Waals surface area (Å²) in [6, 6.07) is 2.95. The lowest BCUT2D eigenvalue weighted by Gasteiger charge is -2.32. The Labute approximate surface area is 117 Å². The van der Waals surface area contributed by atoms with Crippen LogP contribution in [0.4, 0.5) is 0 Å². The fraction of sp³-hybridized carbons (Fsp3) is 0.500. The zero-order valence-corrected chi connectivity index (χ0v) is 12.0. The number of nitrogens with zero attached hydrogens (tertiary/aromatic N) is 1. The Kier molecular flexibility index (Phi) is 3.37. The first-order chi connectivity index (χ1) is 8.64. The van der Waals surface area contributed by atoms with Crippen LogP contribution in [0.2, 0.25) is 5.15 Å². The van der Waals surface area contributed by atoms with Gasteiger partial charge in [0.2, 0.25) is 0 Å². The van der Waals surface area contributed by atoms with E-state index >= 15 is 0 Å². The maximum atomic E-state index is 10.9. The van der Waals surface area contributed by atoms with Crippen molar-refractivity contribution >= 4 is 30.3 Å². The highest BCUT2D eigenvalue weighted by Gasteiger charge is 2.52. The van der Waals surface area contributed by atoms with E-state index in [2.05, 4.69) is 4.98 Å². The fourth-order valence-corrected chi connectivity index (χ4v) is 1.94. The van der Waals surface area contributed by atoms with Gasteiger partial charge in [-0.15, -0.1) is 0 Å². The molecule has 1 aliphatic heterocycles. The molecule has 1 aromatic heterocycles. The monoisotopic (exact) mass is 283 g/mol. The van der Waals surface area contributed by atoms with Crippen LogP contribution in [0.3, 0.4) is 0 Å². The van der Waals surface area contributed by atoms with Crippen molar-refractivity contribution in [3.63, 3.8) is 0 Å². The van der Waals surface area contributed by atoms with E-state index in [0.717, 1.165) is 0 Å². The Hall–Kier alpha value is -1.11. The zero-order valence-electron chi connectivity index (χ0n) is 11.2. The maximum absolute atomic E-state index is 10.9. The van der Waals surface area contributed by atoms with Gasteiger partial charge in [0.1, 0.15) is 5.15 Å². The van der Waals surface area contributed by atoms with Gasteiger partial charge in [-0.3, -0.25) is 0 Å². The lowest BCUT2D eigenvalue weighted by Crippen LogP contribution is -2.41. The summed E-state index contributed by atoms with van der Waals surface area (Å²) in [6.07, 6.45) is 0. The summed E-state index contributed by atoms with van der Waals surface area (Å²) in [7, 11) is -0.648. The number of carbonyl (C=O) groups is 1. The van der Waals surface area contributed by atoms with Crippen molar-refractivity contribution in [1.82, 2.24) is 4.98 Å². The molecule has 0 aromatic carbocycles. The minimum atomic E-state index is -1.11. The van der Waals surface area contributed by atoms with Gasteiger partial charge in [-0.25, -0.2) is 9.78 Å². The molecule has 1 aliphatic rings. The highest BCUT2D eigenvalue weighted by Crippen LogP contribution is 2.36. The van der Waals surface area contributed by atoms with E-state index in [-0.39, 0.29) is 10.7 Å². The third-order valence-corrected chi connectivity index (χ3v) is 3.88. The van der Waals surface area contributed by atoms with Crippen molar-refractivity contribution in [2.75, 3.05) is 0 Å². The molecule has 0 bridgehead atoms. The Morgan fingerprint density at radius 1 is 1.26 bits per heavy atom. The smallest absolute Gasteiger partial charge is 0.478 e. The third kappa shape index (κ3) is 2.48. The molecule has 102 valence electrons. The first-order valence-electron chi connectivity index (χ1n) is 5.89. The lowest BCUT2D eigenvalue weighted by molar-refractivity contribution is 0.00578. The van der Waals surface area contributed by atoms with Crippen LogP contribution in [0, 0.1) is 0 Å². The molecule has 5 nitrogen and oxygen atoms in total. The van der Waals surface area contributed by atoms with Gasteiger partial charge in [-0.2, -0.15) is 0 Å². The van der Waals surface area contributed by atoms with E-state index < -0.39 is 24.3 Å². The number of hydrogen-bond donors (Lipinski definition) is 1. The molecular formula is C12H15BClNO4. The number of halogens is 1. The molecule has 0 spiro atoms. The average molecular weight is 284 g/mol. The van der Waals surface area contributed by atoms with Gasteiger partial charge in [0.15, 0.2) is 0 Å². The second kappa shape index (κ2) is 4.47. The molecule has 1 fully saturated rings. The Morgan fingerprint density at radius 2 is 1.79 bits per heavy atom. The number of carboxylic acids is 1. The minimum absolute atomic E-state index is 0.0399. The quantitative estimate of drug-likeness (QED) is 0.661. The van der Waals surface area contributed by atoms with Gasteiger partial charge in [-0.05, 0) is 39.8 Å². The predicted molar refractivity (Wildman–Crippen MR) is 71.9 cm³/mol. The molecule has 0 radical (unpaired) electrons. The number of hydrogen-bond acceptors (Lipinski definition) is 4. The molecule has 0 unspecified atom stereocenters. The number of rotatable bonds is 2. The largest absolute Gasteiger partial charge is 0.514 e. The van der Waals surface area contributed by atoms with Crippen LogP contribution in [0.5, 0.6) is 0 Å². The summed E-state index contributed by atoms with van der Waals surface area (Å²) in [5.74, 6) is -1.11. The van der Waals surface area contributed by atoms with E-state index in [4.69, 9.17) is 26.0 Å². The molecule has 0 amide bonds. The van der Waals surface area contributed by atoms with Crippen molar-refractivity contribution in [2.45, 2.75) is 38.9 Å². The van der Waals surface area contributed by atoms with Crippen molar-refractivity contribution < 1.29 is 19.2 Å². The highest BCUT2D eigenvalue weighted by molar-refractivity contribution is 6.61. The molecule has 1 N–H and O–H groups in total. The summed E-state index contributed by atoms with van der Waals surface area (Å²) in [4.78, 5) is 14.9. The first-order valence-corrected chi connectivity index (χ1v) is 6.27. The summed E-state index contributed by atoms with van der Waals surface area (Å²) in [5, 5.41) is 8.83. The number of aromatic carboxylic acids is 1. The van der Waals surface area contributed by atoms with Gasteiger partial charge < -0.3 is 14.4 Å². The molecule has 1 aromatic rings. The Balaban J connectivity index is 2.31. The van der Waals surface area contributed by atoms with Crippen LogP contribution in [0.1, 0.15) is 38.1 Å². The Morgan fingerprint density at radius 3 is 2.21 bits per heavy atom. The highest BCUT2D eigenvalue weighted by atomic mass is 35.5. The lowest BCUT2D eigenvalue weighted by atomic mass is 9.84. The molecular weight excluding hydrogens is 268 g/mol. The topological polar surface area (TPSA) is 68.7 Å². The first kappa shape index (κ1) is 14.3. The average Bonchev–Trinajstić information content (AvgIpc) is 2.47. The van der Waals surface area contributed by atoms with Gasteiger partial charge in [0.25, 0.3) is 0 Å². The molecule has 2 heterocycles. The normalized spacial score (nSPS) is 20.6. The summed E-state index contributed by atoms with van der Waals surface area (Å²) in [5.41, 5.74) is -0.523. The second-order valence-electron chi connectivity index (χ2n) is 5.47. The molecule has 2 rings (SSSR count). The number of pyridine rings is 1. The molecule has 1 saturated heterocycles. The molecule has 7 heteroatoms. The van der Waals surface area contributed by atoms with Crippen molar-refractivity contribution in [2.24, 2.45) is 0 Å². The third-order valence-electron chi connectivity index (χ3n) is 3.60. The maximum Gasteiger partial charge on any atom is 0.514 e. The van der Waals surface area contributed by atoms with Crippen molar-refractivity contribution in [3.05, 3.63) is 22.8 Å². The van der Waals surface area contributed by atoms with E-state index in [1.807, 2.05) is 27.7 Å². The number of aromatic nitrogens is 1. The van der Waals surface area contributed by atoms with Crippen LogP contribution < -0.4 is 5.59 Å². The van der Waals surface area contributed by atoms with E-state index in [0.29, 0.717) is 5.59 Å². The van der Waals surface area contributed by atoms with Crippen molar-refractivity contribution in [3.8, 4) is 0 Å². The SMILES string of the molecule is CC1(C)OB(c2ccc(C(=O)O)c(Cl)n2)OC1(C)C. The minimum Gasteiger partial charge on any atom is -0.478 e. The Bertz CT molecular complexity index is 516. The standard InChI is InChI=1S/C12H15BClNO4/c1-11(2)12(3,4)19-13(18-11)8-6-5-7(10(16)17)9(14)15-8/h5-6H,1-4H3,(H,16,17). The summed E-state index contributed by atoms with van der Waals surface area (Å²) >= 11 is 5.84. The zero-order chi connectivity index (χ0) is 14.4. The van der Waals surface area contributed by atoms with Crippen LogP contribution >= 0.6 is 11.6 Å². The molecule has 19 heavy (non-hydrogen) atoms. The predicted octanol–water partition coefficient (Wildman–Crippen LogP) is 1.73.